The summed E-state index contributed by atoms with van der Waals surface area (Å²) in [5.74, 6) is -0.902. The van der Waals surface area contributed by atoms with Crippen molar-refractivity contribution < 1.29 is 18.3 Å². The van der Waals surface area contributed by atoms with Gasteiger partial charge in [0.1, 0.15) is 12.4 Å². The van der Waals surface area contributed by atoms with Gasteiger partial charge in [-0.1, -0.05) is 35.9 Å². The Morgan fingerprint density at radius 3 is 2.53 bits per heavy atom. The van der Waals surface area contributed by atoms with Crippen molar-refractivity contribution in [1.29, 1.82) is 0 Å². The summed E-state index contributed by atoms with van der Waals surface area (Å²) in [5.41, 5.74) is 1.10. The summed E-state index contributed by atoms with van der Waals surface area (Å²) < 4.78 is 33.7. The van der Waals surface area contributed by atoms with E-state index in [9.17, 15) is 13.6 Å². The minimum absolute atomic E-state index is 0.113. The molecule has 3 aromatic rings. The molecule has 34 heavy (non-hydrogen) atoms. The summed E-state index contributed by atoms with van der Waals surface area (Å²) in [4.78, 5) is 19.1. The zero-order chi connectivity index (χ0) is 23.9. The average molecular weight is 486 g/mol. The van der Waals surface area contributed by atoms with Crippen LogP contribution in [-0.4, -0.2) is 42.0 Å². The zero-order valence-corrected chi connectivity index (χ0v) is 19.3. The highest BCUT2D eigenvalue weighted by molar-refractivity contribution is 6.30. The molecule has 8 heteroatoms. The molecule has 0 spiro atoms. The summed E-state index contributed by atoms with van der Waals surface area (Å²) in [7, 11) is 0. The van der Waals surface area contributed by atoms with E-state index in [4.69, 9.17) is 16.3 Å². The number of nitrogens with one attached hydrogen (secondary N) is 1. The number of piperidine rings is 1. The van der Waals surface area contributed by atoms with E-state index in [1.165, 1.54) is 12.3 Å². The molecule has 1 aliphatic rings. The van der Waals surface area contributed by atoms with Crippen LogP contribution in [0.4, 0.5) is 8.78 Å². The van der Waals surface area contributed by atoms with Gasteiger partial charge < -0.3 is 10.1 Å². The van der Waals surface area contributed by atoms with Gasteiger partial charge >= 0.3 is 0 Å². The molecular formula is C26H26ClF2N3O2. The third-order valence-electron chi connectivity index (χ3n) is 6.06. The van der Waals surface area contributed by atoms with Gasteiger partial charge in [0.05, 0.1) is 12.2 Å². The first-order chi connectivity index (χ1) is 16.5. The van der Waals surface area contributed by atoms with Gasteiger partial charge in [-0.05, 0) is 61.8 Å². The summed E-state index contributed by atoms with van der Waals surface area (Å²) >= 11 is 6.01. The molecule has 1 unspecified atom stereocenters. The summed E-state index contributed by atoms with van der Waals surface area (Å²) in [6.07, 6.45) is 4.01. The highest BCUT2D eigenvalue weighted by Gasteiger charge is 2.28. The Bertz CT molecular complexity index is 1110. The number of benzene rings is 2. The fraction of sp³-hybridized carbons (Fsp3) is 0.308. The number of ether oxygens (including phenoxy) is 1. The van der Waals surface area contributed by atoms with Gasteiger partial charge in [0.15, 0.2) is 11.6 Å². The van der Waals surface area contributed by atoms with Gasteiger partial charge in [0, 0.05) is 29.2 Å². The van der Waals surface area contributed by atoms with Crippen LogP contribution in [-0.2, 0) is 4.79 Å². The first-order valence-electron chi connectivity index (χ1n) is 11.3. The van der Waals surface area contributed by atoms with E-state index in [2.05, 4.69) is 15.2 Å². The van der Waals surface area contributed by atoms with Crippen LogP contribution >= 0.6 is 11.6 Å². The maximum absolute atomic E-state index is 14.5. The number of para-hydroxylation sites is 1. The van der Waals surface area contributed by atoms with Crippen LogP contribution < -0.4 is 10.1 Å². The maximum Gasteiger partial charge on any atom is 0.223 e. The number of likely N-dealkylation sites (tertiary alicyclic amines) is 1. The fourth-order valence-electron chi connectivity index (χ4n) is 4.14. The highest BCUT2D eigenvalue weighted by atomic mass is 35.5. The van der Waals surface area contributed by atoms with E-state index >= 15 is 0 Å². The smallest absolute Gasteiger partial charge is 0.223 e. The second kappa shape index (κ2) is 11.4. The summed E-state index contributed by atoms with van der Waals surface area (Å²) in [6.45, 7) is 2.48. The Labute approximate surface area is 202 Å². The molecule has 0 radical (unpaired) electrons. The molecule has 1 aliphatic heterocycles. The SMILES string of the molecule is O=C(NC(c1ccc(Cl)cc1)c1ccncc1F)C1CCN(CCOc2ccccc2F)CC1. The Morgan fingerprint density at radius 1 is 1.09 bits per heavy atom. The normalized spacial score (nSPS) is 15.6. The number of nitrogens with zero attached hydrogens (tertiary/aromatic N) is 2. The predicted molar refractivity (Wildman–Crippen MR) is 127 cm³/mol. The third-order valence-corrected chi connectivity index (χ3v) is 6.32. The molecule has 4 rings (SSSR count). The number of rotatable bonds is 8. The van der Waals surface area contributed by atoms with Crippen molar-refractivity contribution in [3.8, 4) is 5.75 Å². The Balaban J connectivity index is 1.33. The van der Waals surface area contributed by atoms with Crippen LogP contribution in [0.5, 0.6) is 5.75 Å². The molecule has 1 fully saturated rings. The Hall–Kier alpha value is -3.03. The largest absolute Gasteiger partial charge is 0.489 e. The monoisotopic (exact) mass is 485 g/mol. The van der Waals surface area contributed by atoms with Gasteiger partial charge in [0.2, 0.25) is 5.91 Å². The van der Waals surface area contributed by atoms with Crippen LogP contribution in [0, 0.1) is 17.6 Å². The number of amides is 1. The van der Waals surface area contributed by atoms with E-state index in [0.29, 0.717) is 36.6 Å². The zero-order valence-electron chi connectivity index (χ0n) is 18.6. The first kappa shape index (κ1) is 24.1. The molecule has 0 saturated carbocycles. The standard InChI is InChI=1S/C26H26ClF2N3O2/c27-20-7-5-18(6-8-20)25(21-9-12-30-17-23(21)29)31-26(33)19-10-13-32(14-11-19)15-16-34-24-4-2-1-3-22(24)28/h1-9,12,17,19,25H,10-11,13-16H2,(H,31,33). The molecular weight excluding hydrogens is 460 g/mol. The van der Waals surface area contributed by atoms with Gasteiger partial charge in [-0.15, -0.1) is 0 Å². The molecule has 5 nitrogen and oxygen atoms in total. The third kappa shape index (κ3) is 6.10. The van der Waals surface area contributed by atoms with Crippen molar-refractivity contribution in [1.82, 2.24) is 15.2 Å². The number of hydrogen-bond acceptors (Lipinski definition) is 4. The van der Waals surface area contributed by atoms with Crippen molar-refractivity contribution >= 4 is 17.5 Å². The van der Waals surface area contributed by atoms with Crippen LogP contribution in [0.15, 0.2) is 67.0 Å². The maximum atomic E-state index is 14.5. The number of pyridine rings is 1. The van der Waals surface area contributed by atoms with E-state index in [-0.39, 0.29) is 23.4 Å². The van der Waals surface area contributed by atoms with Crippen molar-refractivity contribution in [2.45, 2.75) is 18.9 Å². The minimum Gasteiger partial charge on any atom is -0.489 e. The number of carbonyl (C=O) groups excluding carboxylic acids is 1. The van der Waals surface area contributed by atoms with Gasteiger partial charge in [-0.25, -0.2) is 8.78 Å². The number of halogens is 3. The second-order valence-corrected chi connectivity index (χ2v) is 8.72. The predicted octanol–water partition coefficient (Wildman–Crippen LogP) is 5.01. The molecule has 2 heterocycles. The summed E-state index contributed by atoms with van der Waals surface area (Å²) in [6, 6.07) is 14.3. The minimum atomic E-state index is -0.639. The molecule has 2 aromatic carbocycles. The number of hydrogen-bond donors (Lipinski definition) is 1. The van der Waals surface area contributed by atoms with Crippen molar-refractivity contribution in [2.75, 3.05) is 26.2 Å². The lowest BCUT2D eigenvalue weighted by Gasteiger charge is -2.32. The van der Waals surface area contributed by atoms with E-state index < -0.39 is 11.9 Å². The number of aromatic nitrogens is 1. The van der Waals surface area contributed by atoms with Crippen LogP contribution in [0.2, 0.25) is 5.02 Å². The molecule has 178 valence electrons. The molecule has 0 aliphatic carbocycles. The molecule has 1 N–H and O–H groups in total. The molecule has 0 bridgehead atoms. The fourth-order valence-corrected chi connectivity index (χ4v) is 4.27. The first-order valence-corrected chi connectivity index (χ1v) is 11.6. The lowest BCUT2D eigenvalue weighted by molar-refractivity contribution is -0.127. The van der Waals surface area contributed by atoms with Crippen molar-refractivity contribution in [3.05, 3.63) is 94.8 Å². The van der Waals surface area contributed by atoms with Gasteiger partial charge in [-0.2, -0.15) is 0 Å². The average Bonchev–Trinajstić information content (AvgIpc) is 2.85. The van der Waals surface area contributed by atoms with E-state index in [1.54, 1.807) is 48.5 Å². The topological polar surface area (TPSA) is 54.5 Å². The summed E-state index contributed by atoms with van der Waals surface area (Å²) in [5, 5.41) is 3.60. The molecule has 1 atom stereocenters. The lowest BCUT2D eigenvalue weighted by Crippen LogP contribution is -2.43. The Morgan fingerprint density at radius 2 is 1.82 bits per heavy atom. The molecule has 1 amide bonds. The van der Waals surface area contributed by atoms with Gasteiger partial charge in [0.25, 0.3) is 0 Å². The second-order valence-electron chi connectivity index (χ2n) is 8.29. The lowest BCUT2D eigenvalue weighted by atomic mass is 9.93. The van der Waals surface area contributed by atoms with E-state index in [0.717, 1.165) is 24.8 Å². The van der Waals surface area contributed by atoms with Crippen LogP contribution in [0.1, 0.15) is 30.0 Å². The van der Waals surface area contributed by atoms with E-state index in [1.807, 2.05) is 0 Å². The highest BCUT2D eigenvalue weighted by Crippen LogP contribution is 2.27. The Kier molecular flexibility index (Phi) is 8.08. The molecule has 1 aromatic heterocycles. The van der Waals surface area contributed by atoms with Crippen LogP contribution in [0.3, 0.4) is 0 Å². The van der Waals surface area contributed by atoms with Crippen molar-refractivity contribution in [2.24, 2.45) is 5.92 Å². The van der Waals surface area contributed by atoms with Crippen LogP contribution in [0.25, 0.3) is 0 Å². The van der Waals surface area contributed by atoms with Gasteiger partial charge in [-0.3, -0.25) is 14.7 Å². The number of carbonyl (C=O) groups is 1. The van der Waals surface area contributed by atoms with Crippen molar-refractivity contribution in [3.63, 3.8) is 0 Å². The quantitative estimate of drug-likeness (QED) is 0.487. The molecule has 1 saturated heterocycles.